The Hall–Kier alpha value is -5.92. The summed E-state index contributed by atoms with van der Waals surface area (Å²) < 4.78 is 0. The van der Waals surface area contributed by atoms with E-state index in [9.17, 15) is 0 Å². The molecule has 45 heavy (non-hydrogen) atoms. The molecule has 0 aliphatic carbocycles. The summed E-state index contributed by atoms with van der Waals surface area (Å²) in [5.41, 5.74) is 5.89. The van der Waals surface area contributed by atoms with Crippen LogP contribution in [-0.4, -0.2) is 0 Å². The van der Waals surface area contributed by atoms with Crippen LogP contribution < -0.4 is 4.90 Å². The summed E-state index contributed by atoms with van der Waals surface area (Å²) in [5, 5.41) is 12.5. The molecule has 1 heteroatoms. The van der Waals surface area contributed by atoms with Gasteiger partial charge in [-0.25, -0.2) is 0 Å². The van der Waals surface area contributed by atoms with Crippen molar-refractivity contribution in [3.8, 4) is 11.1 Å². The average molecular weight is 572 g/mol. The molecule has 1 nitrogen and oxygen atoms in total. The molecule has 0 spiro atoms. The molecule has 0 bridgehead atoms. The molecular weight excluding hydrogens is 542 g/mol. The van der Waals surface area contributed by atoms with Crippen molar-refractivity contribution >= 4 is 70.9 Å². The van der Waals surface area contributed by atoms with Crippen molar-refractivity contribution < 1.29 is 0 Å². The van der Waals surface area contributed by atoms with Crippen LogP contribution in [0.15, 0.2) is 176 Å². The molecule has 210 valence electrons. The molecule has 0 fully saturated rings. The molecule has 0 aliphatic heterocycles. The third-order valence-electron chi connectivity index (χ3n) is 9.20. The lowest BCUT2D eigenvalue weighted by molar-refractivity contribution is 1.31. The second-order valence-corrected chi connectivity index (χ2v) is 11.8. The summed E-state index contributed by atoms with van der Waals surface area (Å²) in [6, 6.07) is 64.1. The Labute approximate surface area is 262 Å². The number of fused-ring (bicyclic) bond motifs is 7. The van der Waals surface area contributed by atoms with E-state index in [-0.39, 0.29) is 0 Å². The van der Waals surface area contributed by atoms with E-state index >= 15 is 0 Å². The first kappa shape index (κ1) is 25.6. The van der Waals surface area contributed by atoms with E-state index in [0.717, 1.165) is 11.4 Å². The van der Waals surface area contributed by atoms with Gasteiger partial charge in [0.05, 0.1) is 5.69 Å². The molecule has 0 unspecified atom stereocenters. The molecule has 0 saturated heterocycles. The van der Waals surface area contributed by atoms with Gasteiger partial charge in [0, 0.05) is 16.8 Å². The third kappa shape index (κ3) is 4.24. The normalized spacial score (nSPS) is 11.6. The number of nitrogens with zero attached hydrogens (tertiary/aromatic N) is 1. The van der Waals surface area contributed by atoms with Crippen molar-refractivity contribution in [1.29, 1.82) is 0 Å². The van der Waals surface area contributed by atoms with Crippen molar-refractivity contribution in [2.45, 2.75) is 0 Å². The fourth-order valence-electron chi connectivity index (χ4n) is 7.04. The summed E-state index contributed by atoms with van der Waals surface area (Å²) in [6.07, 6.45) is 0. The predicted molar refractivity (Wildman–Crippen MR) is 194 cm³/mol. The molecule has 0 aliphatic rings. The molecule has 0 N–H and O–H groups in total. The second kappa shape index (κ2) is 10.4. The van der Waals surface area contributed by atoms with Crippen LogP contribution in [0.4, 0.5) is 17.1 Å². The second-order valence-electron chi connectivity index (χ2n) is 11.8. The Morgan fingerprint density at radius 1 is 0.289 bits per heavy atom. The van der Waals surface area contributed by atoms with E-state index in [1.807, 2.05) is 0 Å². The standard InChI is InChI=1S/C44H29N/c1-4-14-37-30(10-1)13-9-19-38(37)32-22-25-35(26-23-32)45(36-27-24-33-21-20-31-11-2-5-15-39(31)43(33)29-36)44-28-34-12-3-6-16-40(34)41-17-7-8-18-42(41)44/h1-29H. The lowest BCUT2D eigenvalue weighted by Crippen LogP contribution is -2.10. The zero-order valence-electron chi connectivity index (χ0n) is 24.7. The van der Waals surface area contributed by atoms with Crippen molar-refractivity contribution in [2.24, 2.45) is 0 Å². The first-order chi connectivity index (χ1) is 22.3. The molecular formula is C44H29N. The van der Waals surface area contributed by atoms with Gasteiger partial charge in [-0.3, -0.25) is 0 Å². The fraction of sp³-hybridized carbons (Fsp3) is 0. The van der Waals surface area contributed by atoms with Gasteiger partial charge in [-0.1, -0.05) is 146 Å². The van der Waals surface area contributed by atoms with E-state index in [4.69, 9.17) is 0 Å². The molecule has 9 rings (SSSR count). The fourth-order valence-corrected chi connectivity index (χ4v) is 7.04. The lowest BCUT2D eigenvalue weighted by Gasteiger charge is -2.28. The largest absolute Gasteiger partial charge is 0.310 e. The van der Waals surface area contributed by atoms with Gasteiger partial charge < -0.3 is 4.90 Å². The summed E-state index contributed by atoms with van der Waals surface area (Å²) in [4.78, 5) is 2.43. The van der Waals surface area contributed by atoms with E-state index in [1.54, 1.807) is 0 Å². The van der Waals surface area contributed by atoms with Crippen LogP contribution in [0.3, 0.4) is 0 Å². The summed E-state index contributed by atoms with van der Waals surface area (Å²) in [7, 11) is 0. The maximum Gasteiger partial charge on any atom is 0.0546 e. The van der Waals surface area contributed by atoms with E-state index in [0.29, 0.717) is 0 Å². The summed E-state index contributed by atoms with van der Waals surface area (Å²) in [5.74, 6) is 0. The van der Waals surface area contributed by atoms with Crippen LogP contribution >= 0.6 is 0 Å². The maximum absolute atomic E-state index is 2.43. The first-order valence-electron chi connectivity index (χ1n) is 15.5. The molecule has 9 aromatic rings. The van der Waals surface area contributed by atoms with Crippen LogP contribution in [0.5, 0.6) is 0 Å². The van der Waals surface area contributed by atoms with Gasteiger partial charge in [0.25, 0.3) is 0 Å². The smallest absolute Gasteiger partial charge is 0.0546 e. The monoisotopic (exact) mass is 571 g/mol. The highest BCUT2D eigenvalue weighted by Crippen LogP contribution is 2.43. The minimum absolute atomic E-state index is 1.12. The van der Waals surface area contributed by atoms with E-state index in [1.165, 1.54) is 70.7 Å². The highest BCUT2D eigenvalue weighted by Gasteiger charge is 2.18. The molecule has 0 amide bonds. The lowest BCUT2D eigenvalue weighted by atomic mass is 9.97. The molecule has 0 saturated carbocycles. The van der Waals surface area contributed by atoms with Gasteiger partial charge in [0.15, 0.2) is 0 Å². The zero-order valence-corrected chi connectivity index (χ0v) is 24.7. The topological polar surface area (TPSA) is 3.24 Å². The van der Waals surface area contributed by atoms with Gasteiger partial charge in [-0.15, -0.1) is 0 Å². The summed E-state index contributed by atoms with van der Waals surface area (Å²) in [6.45, 7) is 0. The third-order valence-corrected chi connectivity index (χ3v) is 9.20. The highest BCUT2D eigenvalue weighted by atomic mass is 15.1. The van der Waals surface area contributed by atoms with E-state index in [2.05, 4.69) is 181 Å². The highest BCUT2D eigenvalue weighted by molar-refractivity contribution is 6.15. The van der Waals surface area contributed by atoms with Gasteiger partial charge in [0.2, 0.25) is 0 Å². The van der Waals surface area contributed by atoms with Crippen LogP contribution in [-0.2, 0) is 0 Å². The average Bonchev–Trinajstić information content (AvgIpc) is 3.12. The quantitative estimate of drug-likeness (QED) is 0.190. The minimum Gasteiger partial charge on any atom is -0.310 e. The Morgan fingerprint density at radius 3 is 1.56 bits per heavy atom. The van der Waals surface area contributed by atoms with Crippen molar-refractivity contribution in [2.75, 3.05) is 4.90 Å². The van der Waals surface area contributed by atoms with Gasteiger partial charge in [-0.05, 0) is 89.9 Å². The number of hydrogen-bond acceptors (Lipinski definition) is 1. The van der Waals surface area contributed by atoms with Crippen LogP contribution in [0, 0.1) is 0 Å². The molecule has 9 aromatic carbocycles. The van der Waals surface area contributed by atoms with Crippen LogP contribution in [0.25, 0.3) is 65.0 Å². The summed E-state index contributed by atoms with van der Waals surface area (Å²) >= 11 is 0. The van der Waals surface area contributed by atoms with Crippen molar-refractivity contribution in [3.05, 3.63) is 176 Å². The van der Waals surface area contributed by atoms with Crippen molar-refractivity contribution in [3.63, 3.8) is 0 Å². The molecule has 0 aromatic heterocycles. The Kier molecular flexibility index (Phi) is 5.89. The molecule has 0 heterocycles. The number of anilines is 3. The Morgan fingerprint density at radius 2 is 0.800 bits per heavy atom. The number of hydrogen-bond donors (Lipinski definition) is 0. The molecule has 0 atom stereocenters. The van der Waals surface area contributed by atoms with E-state index < -0.39 is 0 Å². The first-order valence-corrected chi connectivity index (χ1v) is 15.5. The van der Waals surface area contributed by atoms with Crippen LogP contribution in [0.2, 0.25) is 0 Å². The SMILES string of the molecule is c1ccc2c(-c3ccc(N(c4ccc5ccc6ccccc6c5c4)c4cc5ccccc5c5ccccc45)cc3)cccc2c1. The van der Waals surface area contributed by atoms with Gasteiger partial charge >= 0.3 is 0 Å². The van der Waals surface area contributed by atoms with Crippen LogP contribution in [0.1, 0.15) is 0 Å². The Balaban J connectivity index is 1.30. The molecule has 0 radical (unpaired) electrons. The number of benzene rings is 9. The van der Waals surface area contributed by atoms with Gasteiger partial charge in [0.1, 0.15) is 0 Å². The van der Waals surface area contributed by atoms with Crippen molar-refractivity contribution in [1.82, 2.24) is 0 Å². The predicted octanol–water partition coefficient (Wildman–Crippen LogP) is 12.6. The minimum atomic E-state index is 1.12. The maximum atomic E-state index is 2.43. The van der Waals surface area contributed by atoms with Gasteiger partial charge in [-0.2, -0.15) is 0 Å². The number of rotatable bonds is 4. The Bertz CT molecular complexity index is 2540. The zero-order chi connectivity index (χ0) is 29.7.